The van der Waals surface area contributed by atoms with Gasteiger partial charge in [0.1, 0.15) is 0 Å². The number of carbonyl (C=O) groups is 2. The SMILES string of the molecule is CC(=O)N1C[C@H](C(=O)N(C)C)[C@@H](c2ccc(CN(C)Cc3cnc(C)s3)cc2)C1. The molecule has 2 atom stereocenters. The van der Waals surface area contributed by atoms with Crippen LogP contribution in [0.25, 0.3) is 0 Å². The molecule has 1 saturated heterocycles. The van der Waals surface area contributed by atoms with E-state index in [2.05, 4.69) is 41.2 Å². The summed E-state index contributed by atoms with van der Waals surface area (Å²) in [5, 5.41) is 1.09. The van der Waals surface area contributed by atoms with Gasteiger partial charge in [-0.15, -0.1) is 11.3 Å². The molecule has 2 heterocycles. The van der Waals surface area contributed by atoms with Crippen molar-refractivity contribution in [2.45, 2.75) is 32.9 Å². The normalized spacial score (nSPS) is 19.0. The molecule has 2 aromatic rings. The lowest BCUT2D eigenvalue weighted by atomic mass is 9.87. The number of aryl methyl sites for hydroxylation is 1. The molecule has 1 aromatic heterocycles. The van der Waals surface area contributed by atoms with Crippen molar-refractivity contribution in [3.05, 3.63) is 51.5 Å². The van der Waals surface area contributed by atoms with Gasteiger partial charge in [-0.3, -0.25) is 14.5 Å². The fraction of sp³-hybridized carbons (Fsp3) is 0.500. The van der Waals surface area contributed by atoms with Gasteiger partial charge in [0.25, 0.3) is 0 Å². The Hall–Kier alpha value is -2.25. The smallest absolute Gasteiger partial charge is 0.227 e. The number of hydrogen-bond donors (Lipinski definition) is 0. The molecule has 0 unspecified atom stereocenters. The van der Waals surface area contributed by atoms with E-state index in [1.165, 1.54) is 10.4 Å². The van der Waals surface area contributed by atoms with Crippen LogP contribution in [-0.4, -0.2) is 65.7 Å². The second-order valence-electron chi connectivity index (χ2n) is 8.13. The summed E-state index contributed by atoms with van der Waals surface area (Å²) in [5.74, 6) is -0.0271. The number of rotatable bonds is 6. The van der Waals surface area contributed by atoms with Gasteiger partial charge in [0.15, 0.2) is 0 Å². The summed E-state index contributed by atoms with van der Waals surface area (Å²) in [6.07, 6.45) is 1.95. The molecular weight excluding hydrogens is 384 g/mol. The van der Waals surface area contributed by atoms with Crippen LogP contribution in [0.1, 0.15) is 33.9 Å². The average molecular weight is 415 g/mol. The van der Waals surface area contributed by atoms with E-state index >= 15 is 0 Å². The van der Waals surface area contributed by atoms with Crippen LogP contribution in [0.15, 0.2) is 30.5 Å². The van der Waals surface area contributed by atoms with Gasteiger partial charge in [0.05, 0.1) is 10.9 Å². The molecule has 0 saturated carbocycles. The van der Waals surface area contributed by atoms with E-state index in [9.17, 15) is 9.59 Å². The fourth-order valence-corrected chi connectivity index (χ4v) is 4.84. The molecule has 3 rings (SSSR count). The number of hydrogen-bond acceptors (Lipinski definition) is 5. The maximum absolute atomic E-state index is 12.7. The first kappa shape index (κ1) is 21.5. The maximum atomic E-state index is 12.7. The molecule has 29 heavy (non-hydrogen) atoms. The number of carbonyl (C=O) groups excluding carboxylic acids is 2. The minimum atomic E-state index is -0.183. The van der Waals surface area contributed by atoms with Crippen molar-refractivity contribution in [2.75, 3.05) is 34.2 Å². The second kappa shape index (κ2) is 9.05. The van der Waals surface area contributed by atoms with Crippen molar-refractivity contribution >= 4 is 23.2 Å². The largest absolute Gasteiger partial charge is 0.349 e. The van der Waals surface area contributed by atoms with E-state index < -0.39 is 0 Å². The highest BCUT2D eigenvalue weighted by Gasteiger charge is 2.40. The summed E-state index contributed by atoms with van der Waals surface area (Å²) in [4.78, 5) is 35.8. The number of aromatic nitrogens is 1. The lowest BCUT2D eigenvalue weighted by Crippen LogP contribution is -2.34. The zero-order valence-corrected chi connectivity index (χ0v) is 18.7. The number of thiazole rings is 1. The highest BCUT2D eigenvalue weighted by Crippen LogP contribution is 2.34. The van der Waals surface area contributed by atoms with Crippen LogP contribution in [0.5, 0.6) is 0 Å². The minimum absolute atomic E-state index is 0.0283. The molecule has 6 nitrogen and oxygen atoms in total. The van der Waals surface area contributed by atoms with Crippen LogP contribution in [-0.2, 0) is 22.7 Å². The number of amides is 2. The molecule has 0 N–H and O–H groups in total. The van der Waals surface area contributed by atoms with Gasteiger partial charge >= 0.3 is 0 Å². The molecule has 1 aromatic carbocycles. The first-order chi connectivity index (χ1) is 13.7. The van der Waals surface area contributed by atoms with E-state index in [1.54, 1.807) is 42.2 Å². The zero-order chi connectivity index (χ0) is 21.1. The van der Waals surface area contributed by atoms with Crippen molar-refractivity contribution in [2.24, 2.45) is 5.92 Å². The summed E-state index contributed by atoms with van der Waals surface area (Å²) < 4.78 is 0. The van der Waals surface area contributed by atoms with Gasteiger partial charge in [0.2, 0.25) is 11.8 Å². The molecule has 0 bridgehead atoms. The Morgan fingerprint density at radius 2 is 1.83 bits per heavy atom. The number of benzene rings is 1. The summed E-state index contributed by atoms with van der Waals surface area (Å²) in [6.45, 7) is 6.42. The van der Waals surface area contributed by atoms with Gasteiger partial charge < -0.3 is 9.80 Å². The molecular formula is C22H30N4O2S. The van der Waals surface area contributed by atoms with Gasteiger partial charge in [-0.1, -0.05) is 24.3 Å². The molecule has 0 spiro atoms. The summed E-state index contributed by atoms with van der Waals surface area (Å²) in [6, 6.07) is 8.50. The lowest BCUT2D eigenvalue weighted by Gasteiger charge is -2.22. The summed E-state index contributed by atoms with van der Waals surface area (Å²) >= 11 is 1.73. The Balaban J connectivity index is 1.68. The van der Waals surface area contributed by atoms with E-state index in [1.807, 2.05) is 13.1 Å². The Bertz CT molecular complexity index is 862. The Kier molecular flexibility index (Phi) is 6.70. The number of nitrogens with zero attached hydrogens (tertiary/aromatic N) is 4. The molecule has 1 aliphatic heterocycles. The summed E-state index contributed by atoms with van der Waals surface area (Å²) in [7, 11) is 5.66. The van der Waals surface area contributed by atoms with Crippen molar-refractivity contribution in [1.82, 2.24) is 19.7 Å². The van der Waals surface area contributed by atoms with E-state index in [0.29, 0.717) is 13.1 Å². The molecule has 0 radical (unpaired) electrons. The van der Waals surface area contributed by atoms with E-state index in [-0.39, 0.29) is 23.7 Å². The van der Waals surface area contributed by atoms with Gasteiger partial charge in [0, 0.05) is 64.2 Å². The third-order valence-corrected chi connectivity index (χ3v) is 6.38. The van der Waals surface area contributed by atoms with Crippen molar-refractivity contribution in [1.29, 1.82) is 0 Å². The molecule has 0 aliphatic carbocycles. The highest BCUT2D eigenvalue weighted by molar-refractivity contribution is 7.11. The predicted molar refractivity (Wildman–Crippen MR) is 116 cm³/mol. The Morgan fingerprint density at radius 1 is 1.14 bits per heavy atom. The third kappa shape index (κ3) is 5.22. The molecule has 2 amide bonds. The lowest BCUT2D eigenvalue weighted by molar-refractivity contribution is -0.133. The predicted octanol–water partition coefficient (Wildman–Crippen LogP) is 2.73. The molecule has 1 fully saturated rings. The van der Waals surface area contributed by atoms with Gasteiger partial charge in [-0.05, 0) is 25.1 Å². The zero-order valence-electron chi connectivity index (χ0n) is 17.9. The molecule has 156 valence electrons. The van der Waals surface area contributed by atoms with Crippen LogP contribution in [0, 0.1) is 12.8 Å². The standard InChI is InChI=1S/C22H30N4O2S/c1-15-23-10-19(29-15)12-25(5)11-17-6-8-18(9-7-17)20-13-26(16(2)27)14-21(20)22(28)24(3)4/h6-10,20-21H,11-14H2,1-5H3/t20-,21+/m1/s1. The van der Waals surface area contributed by atoms with Gasteiger partial charge in [-0.25, -0.2) is 4.98 Å². The van der Waals surface area contributed by atoms with Crippen LogP contribution < -0.4 is 0 Å². The fourth-order valence-electron chi connectivity index (χ4n) is 3.96. The van der Waals surface area contributed by atoms with Crippen molar-refractivity contribution < 1.29 is 9.59 Å². The van der Waals surface area contributed by atoms with Crippen LogP contribution in [0.2, 0.25) is 0 Å². The highest BCUT2D eigenvalue weighted by atomic mass is 32.1. The monoisotopic (exact) mass is 414 g/mol. The third-order valence-electron chi connectivity index (χ3n) is 5.48. The average Bonchev–Trinajstić information content (AvgIpc) is 3.28. The number of likely N-dealkylation sites (tertiary alicyclic amines) is 1. The first-order valence-corrected chi connectivity index (χ1v) is 10.7. The van der Waals surface area contributed by atoms with E-state index in [0.717, 1.165) is 23.7 Å². The van der Waals surface area contributed by atoms with Crippen LogP contribution in [0.3, 0.4) is 0 Å². The van der Waals surface area contributed by atoms with Crippen molar-refractivity contribution in [3.63, 3.8) is 0 Å². The Labute approximate surface area is 177 Å². The maximum Gasteiger partial charge on any atom is 0.227 e. The molecule has 1 aliphatic rings. The topological polar surface area (TPSA) is 56.8 Å². The van der Waals surface area contributed by atoms with Gasteiger partial charge in [-0.2, -0.15) is 0 Å². The molecule has 7 heteroatoms. The summed E-state index contributed by atoms with van der Waals surface area (Å²) in [5.41, 5.74) is 2.35. The van der Waals surface area contributed by atoms with Crippen molar-refractivity contribution in [3.8, 4) is 0 Å². The second-order valence-corrected chi connectivity index (χ2v) is 9.45. The van der Waals surface area contributed by atoms with Crippen LogP contribution >= 0.6 is 11.3 Å². The van der Waals surface area contributed by atoms with Crippen LogP contribution in [0.4, 0.5) is 0 Å². The quantitative estimate of drug-likeness (QED) is 0.729. The Morgan fingerprint density at radius 3 is 2.38 bits per heavy atom. The first-order valence-electron chi connectivity index (χ1n) is 9.90. The minimum Gasteiger partial charge on any atom is -0.349 e. The van der Waals surface area contributed by atoms with E-state index in [4.69, 9.17) is 0 Å².